The van der Waals surface area contributed by atoms with Crippen LogP contribution in [0.5, 0.6) is 5.88 Å². The molecule has 1 aliphatic heterocycles. The van der Waals surface area contributed by atoms with E-state index in [1.54, 1.807) is 21.7 Å². The molecule has 0 saturated carbocycles. The lowest BCUT2D eigenvalue weighted by Gasteiger charge is -2.28. The summed E-state index contributed by atoms with van der Waals surface area (Å²) in [5.74, 6) is 0.555. The zero-order chi connectivity index (χ0) is 22.9. The van der Waals surface area contributed by atoms with Crippen molar-refractivity contribution in [3.05, 3.63) is 59.3 Å². The number of piperidine rings is 1. The van der Waals surface area contributed by atoms with Crippen LogP contribution in [0.4, 0.5) is 0 Å². The lowest BCUT2D eigenvalue weighted by Crippen LogP contribution is -2.31. The van der Waals surface area contributed by atoms with Gasteiger partial charge in [0, 0.05) is 30.9 Å². The van der Waals surface area contributed by atoms with Gasteiger partial charge in [0.05, 0.1) is 23.6 Å². The van der Waals surface area contributed by atoms with E-state index in [9.17, 15) is 0 Å². The second-order valence-corrected chi connectivity index (χ2v) is 8.54. The molecule has 1 saturated heterocycles. The second kappa shape index (κ2) is 8.71. The summed E-state index contributed by atoms with van der Waals surface area (Å²) < 4.78 is 10.0. The average molecular weight is 463 g/mol. The molecular formula is C23H23ClN8O. The number of hydrogen-bond acceptors (Lipinski definition) is 7. The van der Waals surface area contributed by atoms with Crippen LogP contribution in [0.2, 0.25) is 5.15 Å². The summed E-state index contributed by atoms with van der Waals surface area (Å²) in [5.41, 5.74) is 4.08. The van der Waals surface area contributed by atoms with E-state index < -0.39 is 0 Å². The fourth-order valence-corrected chi connectivity index (χ4v) is 4.51. The number of nitriles is 1. The second-order valence-electron chi connectivity index (χ2n) is 8.16. The van der Waals surface area contributed by atoms with Crippen LogP contribution in [0.3, 0.4) is 0 Å². The first-order valence-corrected chi connectivity index (χ1v) is 11.2. The zero-order valence-corrected chi connectivity index (χ0v) is 19.1. The van der Waals surface area contributed by atoms with Gasteiger partial charge >= 0.3 is 0 Å². The van der Waals surface area contributed by atoms with E-state index in [4.69, 9.17) is 21.6 Å². The molecule has 0 bridgehead atoms. The Morgan fingerprint density at radius 1 is 1.21 bits per heavy atom. The van der Waals surface area contributed by atoms with Gasteiger partial charge in [-0.2, -0.15) is 5.26 Å². The molecule has 0 aromatic carbocycles. The number of imidazole rings is 1. The Kier molecular flexibility index (Phi) is 5.60. The molecule has 0 N–H and O–H groups in total. The zero-order valence-electron chi connectivity index (χ0n) is 18.4. The molecule has 9 nitrogen and oxygen atoms in total. The van der Waals surface area contributed by atoms with E-state index in [1.165, 1.54) is 0 Å². The van der Waals surface area contributed by atoms with Crippen molar-refractivity contribution in [3.8, 4) is 23.3 Å². The number of pyridine rings is 2. The van der Waals surface area contributed by atoms with E-state index in [2.05, 4.69) is 26.5 Å². The lowest BCUT2D eigenvalue weighted by atomic mass is 10.0. The van der Waals surface area contributed by atoms with Gasteiger partial charge in [-0.1, -0.05) is 22.9 Å². The lowest BCUT2D eigenvalue weighted by molar-refractivity contribution is 0.210. The number of hydrogen-bond donors (Lipinski definition) is 0. The maximum absolute atomic E-state index is 9.11. The standard InChI is InChI=1S/C23H23ClN8O/c1-15-23(28-29-32(15)18-6-9-30(14-25)10-7-18)17-11-21-27-13-20(24)31(21)22(12-17)33-16(2)19-5-3-4-8-26-19/h3-5,8,11-13,16,18H,6-7,9-10H2,1-2H3/t16-/m1/s1. The highest BCUT2D eigenvalue weighted by Gasteiger charge is 2.24. The molecule has 0 aliphatic carbocycles. The van der Waals surface area contributed by atoms with Gasteiger partial charge in [0.1, 0.15) is 22.6 Å². The van der Waals surface area contributed by atoms with Gasteiger partial charge in [-0.3, -0.25) is 9.38 Å². The highest BCUT2D eigenvalue weighted by molar-refractivity contribution is 6.29. The summed E-state index contributed by atoms with van der Waals surface area (Å²) in [6.07, 6.45) is 7.01. The number of nitrogens with zero attached hydrogens (tertiary/aromatic N) is 8. The van der Waals surface area contributed by atoms with Gasteiger partial charge < -0.3 is 9.64 Å². The smallest absolute Gasteiger partial charge is 0.201 e. The maximum atomic E-state index is 9.11. The summed E-state index contributed by atoms with van der Waals surface area (Å²) >= 11 is 6.41. The molecule has 1 fully saturated rings. The van der Waals surface area contributed by atoms with Crippen LogP contribution < -0.4 is 4.74 Å². The molecular weight excluding hydrogens is 440 g/mol. The molecule has 1 atom stereocenters. The third-order valence-electron chi connectivity index (χ3n) is 6.08. The first-order valence-electron chi connectivity index (χ1n) is 10.9. The monoisotopic (exact) mass is 462 g/mol. The van der Waals surface area contributed by atoms with Crippen LogP contribution in [-0.4, -0.2) is 47.4 Å². The van der Waals surface area contributed by atoms with Crippen molar-refractivity contribution < 1.29 is 4.74 Å². The number of likely N-dealkylation sites (tertiary alicyclic amines) is 1. The van der Waals surface area contributed by atoms with E-state index in [1.807, 2.05) is 48.9 Å². The third kappa shape index (κ3) is 3.98. The first-order chi connectivity index (χ1) is 16.0. The van der Waals surface area contributed by atoms with Crippen molar-refractivity contribution in [2.45, 2.75) is 38.8 Å². The highest BCUT2D eigenvalue weighted by Crippen LogP contribution is 2.33. The number of aromatic nitrogens is 6. The van der Waals surface area contributed by atoms with Gasteiger partial charge in [-0.15, -0.1) is 5.10 Å². The predicted octanol–water partition coefficient (Wildman–Crippen LogP) is 4.21. The Morgan fingerprint density at radius 2 is 2.03 bits per heavy atom. The minimum Gasteiger partial charge on any atom is -0.469 e. The van der Waals surface area contributed by atoms with E-state index >= 15 is 0 Å². The predicted molar refractivity (Wildman–Crippen MR) is 123 cm³/mol. The van der Waals surface area contributed by atoms with Gasteiger partial charge in [0.15, 0.2) is 6.19 Å². The van der Waals surface area contributed by atoms with E-state index in [0.29, 0.717) is 16.7 Å². The normalized spacial score (nSPS) is 15.5. The van der Waals surface area contributed by atoms with Crippen LogP contribution in [0, 0.1) is 18.4 Å². The highest BCUT2D eigenvalue weighted by atomic mass is 35.5. The van der Waals surface area contributed by atoms with Crippen molar-refractivity contribution in [2.75, 3.05) is 13.1 Å². The SMILES string of the molecule is Cc1c(-c2cc(O[C@H](C)c3ccccn3)n3c(Cl)cnc3c2)nnn1C1CCN(C#N)CC1. The molecule has 0 radical (unpaired) electrons. The van der Waals surface area contributed by atoms with E-state index in [-0.39, 0.29) is 12.1 Å². The van der Waals surface area contributed by atoms with E-state index in [0.717, 1.165) is 48.6 Å². The number of rotatable bonds is 5. The van der Waals surface area contributed by atoms with Gasteiger partial charge in [-0.05, 0) is 44.9 Å². The van der Waals surface area contributed by atoms with Crippen molar-refractivity contribution in [3.63, 3.8) is 0 Å². The van der Waals surface area contributed by atoms with Crippen LogP contribution in [0.15, 0.2) is 42.7 Å². The van der Waals surface area contributed by atoms with Crippen LogP contribution in [-0.2, 0) is 0 Å². The molecule has 4 aromatic rings. The van der Waals surface area contributed by atoms with Crippen molar-refractivity contribution in [1.29, 1.82) is 5.26 Å². The molecule has 1 aliphatic rings. The van der Waals surface area contributed by atoms with Crippen molar-refractivity contribution in [1.82, 2.24) is 34.3 Å². The molecule has 168 valence electrons. The molecule has 0 amide bonds. The summed E-state index contributed by atoms with van der Waals surface area (Å²) in [4.78, 5) is 10.6. The Hall–Kier alpha value is -3.64. The molecule has 5 heterocycles. The van der Waals surface area contributed by atoms with Crippen LogP contribution in [0.1, 0.15) is 43.3 Å². The number of fused-ring (bicyclic) bond motifs is 1. The Bertz CT molecular complexity index is 1320. The Morgan fingerprint density at radius 3 is 2.76 bits per heavy atom. The first kappa shape index (κ1) is 21.2. The molecule has 0 unspecified atom stereocenters. The Balaban J connectivity index is 1.50. The summed E-state index contributed by atoms with van der Waals surface area (Å²) in [5, 5.41) is 18.5. The van der Waals surface area contributed by atoms with Crippen molar-refractivity contribution in [2.24, 2.45) is 0 Å². The quantitative estimate of drug-likeness (QED) is 0.410. The Labute approximate surface area is 196 Å². The fourth-order valence-electron chi connectivity index (χ4n) is 4.29. The van der Waals surface area contributed by atoms with Crippen molar-refractivity contribution >= 4 is 17.2 Å². The average Bonchev–Trinajstić information content (AvgIpc) is 3.42. The molecule has 0 spiro atoms. The molecule has 5 rings (SSSR count). The number of ether oxygens (including phenoxy) is 1. The van der Waals surface area contributed by atoms with Crippen LogP contribution in [0.25, 0.3) is 16.9 Å². The third-order valence-corrected chi connectivity index (χ3v) is 6.35. The number of halogens is 1. The maximum Gasteiger partial charge on any atom is 0.201 e. The topological polar surface area (TPSA) is 97.2 Å². The van der Waals surface area contributed by atoms with Crippen LogP contribution >= 0.6 is 11.6 Å². The molecule has 4 aromatic heterocycles. The largest absolute Gasteiger partial charge is 0.469 e. The molecule has 33 heavy (non-hydrogen) atoms. The fraction of sp³-hybridized carbons (Fsp3) is 0.348. The summed E-state index contributed by atoms with van der Waals surface area (Å²) in [7, 11) is 0. The minimum atomic E-state index is -0.287. The minimum absolute atomic E-state index is 0.223. The van der Waals surface area contributed by atoms with Gasteiger partial charge in [0.25, 0.3) is 0 Å². The van der Waals surface area contributed by atoms with Gasteiger partial charge in [0.2, 0.25) is 5.88 Å². The molecule has 10 heteroatoms. The van der Waals surface area contributed by atoms with Gasteiger partial charge in [-0.25, -0.2) is 9.67 Å². The summed E-state index contributed by atoms with van der Waals surface area (Å²) in [6.45, 7) is 5.43. The summed E-state index contributed by atoms with van der Waals surface area (Å²) in [6, 6.07) is 9.80.